The molecule has 0 saturated carbocycles. The van der Waals surface area contributed by atoms with Gasteiger partial charge in [0.05, 0.1) is 13.2 Å². The molecule has 152 valence electrons. The van der Waals surface area contributed by atoms with Crippen LogP contribution < -0.4 is 18.9 Å². The van der Waals surface area contributed by atoms with Gasteiger partial charge in [-0.25, -0.2) is 4.79 Å². The quantitative estimate of drug-likeness (QED) is 0.348. The van der Waals surface area contributed by atoms with E-state index in [1.807, 2.05) is 38.1 Å². The Balaban J connectivity index is 2.03. The zero-order chi connectivity index (χ0) is 21.1. The summed E-state index contributed by atoms with van der Waals surface area (Å²) < 4.78 is 22.6. The van der Waals surface area contributed by atoms with Crippen LogP contribution in [0.15, 0.2) is 48.0 Å². The minimum absolute atomic E-state index is 0.272. The molecule has 0 atom stereocenters. The summed E-state index contributed by atoms with van der Waals surface area (Å²) >= 11 is 0. The monoisotopic (exact) mass is 397 g/mol. The van der Waals surface area contributed by atoms with E-state index < -0.39 is 5.97 Å². The van der Waals surface area contributed by atoms with Crippen molar-refractivity contribution in [2.45, 2.75) is 13.8 Å². The zero-order valence-electron chi connectivity index (χ0n) is 16.4. The summed E-state index contributed by atoms with van der Waals surface area (Å²) in [5, 5.41) is 17.9. The molecule has 0 unspecified atom stereocenters. The molecule has 0 aliphatic rings. The summed E-state index contributed by atoms with van der Waals surface area (Å²) in [6.07, 6.45) is 1.28. The van der Waals surface area contributed by atoms with Gasteiger partial charge in [0.25, 0.3) is 0 Å². The average Bonchev–Trinajstić information content (AvgIpc) is 2.72. The van der Waals surface area contributed by atoms with E-state index in [-0.39, 0.29) is 12.2 Å². The molecule has 7 nitrogen and oxygen atoms in total. The Morgan fingerprint density at radius 3 is 2.03 bits per heavy atom. The van der Waals surface area contributed by atoms with Crippen molar-refractivity contribution in [3.8, 4) is 29.1 Å². The fourth-order valence-corrected chi connectivity index (χ4v) is 2.46. The lowest BCUT2D eigenvalue weighted by Gasteiger charge is -2.14. The number of rotatable bonds is 11. The molecule has 2 rings (SSSR count). The molecule has 0 spiro atoms. The number of benzene rings is 2. The second kappa shape index (κ2) is 11.2. The van der Waals surface area contributed by atoms with Crippen molar-refractivity contribution in [1.29, 1.82) is 5.26 Å². The molecule has 0 heterocycles. The highest BCUT2D eigenvalue weighted by atomic mass is 16.6. The molecule has 0 aromatic heterocycles. The summed E-state index contributed by atoms with van der Waals surface area (Å²) in [6.45, 7) is 5.27. The summed E-state index contributed by atoms with van der Waals surface area (Å²) in [5.41, 5.74) is 0.170. The van der Waals surface area contributed by atoms with Crippen molar-refractivity contribution >= 4 is 12.0 Å². The van der Waals surface area contributed by atoms with Gasteiger partial charge in [-0.05, 0) is 49.8 Å². The molecule has 2 aromatic carbocycles. The van der Waals surface area contributed by atoms with Crippen LogP contribution in [-0.4, -0.2) is 37.5 Å². The third-order valence-electron chi connectivity index (χ3n) is 3.68. The van der Waals surface area contributed by atoms with Crippen LogP contribution >= 0.6 is 0 Å². The first-order valence-corrected chi connectivity index (χ1v) is 9.18. The molecule has 0 aliphatic carbocycles. The highest BCUT2D eigenvalue weighted by Gasteiger charge is 2.10. The standard InChI is InChI=1S/C22H23NO6/c1-3-26-18-7-5-6-8-19(18)28-11-12-29-20-10-9-16(14-21(20)27-4-2)13-17(15-23)22(24)25/h5-10,13-14H,3-4,11-12H2,1-2H3,(H,24,25). The molecule has 0 saturated heterocycles. The van der Waals surface area contributed by atoms with Gasteiger partial charge in [0.15, 0.2) is 23.0 Å². The molecular weight excluding hydrogens is 374 g/mol. The number of aliphatic carboxylic acids is 1. The minimum atomic E-state index is -1.28. The van der Waals surface area contributed by atoms with Gasteiger partial charge < -0.3 is 24.1 Å². The molecule has 0 aliphatic heterocycles. The van der Waals surface area contributed by atoms with Gasteiger partial charge in [0.2, 0.25) is 0 Å². The van der Waals surface area contributed by atoms with Gasteiger partial charge in [-0.15, -0.1) is 0 Å². The maximum Gasteiger partial charge on any atom is 0.346 e. The lowest BCUT2D eigenvalue weighted by Crippen LogP contribution is -2.10. The predicted octanol–water partition coefficient (Wildman–Crippen LogP) is 3.93. The molecule has 29 heavy (non-hydrogen) atoms. The fraction of sp³-hybridized carbons (Fsp3) is 0.273. The van der Waals surface area contributed by atoms with E-state index in [2.05, 4.69) is 0 Å². The molecule has 7 heteroatoms. The van der Waals surface area contributed by atoms with Crippen LogP contribution in [-0.2, 0) is 4.79 Å². The molecule has 0 radical (unpaired) electrons. The molecular formula is C22H23NO6. The van der Waals surface area contributed by atoms with Crippen LogP contribution in [0.3, 0.4) is 0 Å². The van der Waals surface area contributed by atoms with E-state index in [1.165, 1.54) is 6.08 Å². The third-order valence-corrected chi connectivity index (χ3v) is 3.68. The number of carboxylic acid groups (broad SMARTS) is 1. The van der Waals surface area contributed by atoms with Gasteiger partial charge in [-0.1, -0.05) is 18.2 Å². The van der Waals surface area contributed by atoms with Crippen LogP contribution in [0.2, 0.25) is 0 Å². The predicted molar refractivity (Wildman–Crippen MR) is 107 cm³/mol. The molecule has 0 amide bonds. The van der Waals surface area contributed by atoms with Crippen LogP contribution in [0.4, 0.5) is 0 Å². The molecule has 2 aromatic rings. The fourth-order valence-electron chi connectivity index (χ4n) is 2.46. The SMILES string of the molecule is CCOc1ccccc1OCCOc1ccc(C=C(C#N)C(=O)O)cc1OCC. The number of carbonyl (C=O) groups is 1. The van der Waals surface area contributed by atoms with Gasteiger partial charge >= 0.3 is 5.97 Å². The maximum atomic E-state index is 11.0. The van der Waals surface area contributed by atoms with E-state index in [9.17, 15) is 4.79 Å². The number of hydrogen-bond acceptors (Lipinski definition) is 6. The van der Waals surface area contributed by atoms with Crippen molar-refractivity contribution in [2.24, 2.45) is 0 Å². The lowest BCUT2D eigenvalue weighted by molar-refractivity contribution is -0.132. The zero-order valence-corrected chi connectivity index (χ0v) is 16.4. The molecule has 0 bridgehead atoms. The van der Waals surface area contributed by atoms with E-state index in [0.717, 1.165) is 0 Å². The van der Waals surface area contributed by atoms with Gasteiger partial charge in [-0.2, -0.15) is 5.26 Å². The highest BCUT2D eigenvalue weighted by Crippen LogP contribution is 2.30. The van der Waals surface area contributed by atoms with Crippen LogP contribution in [0.1, 0.15) is 19.4 Å². The van der Waals surface area contributed by atoms with Crippen LogP contribution in [0.25, 0.3) is 6.08 Å². The maximum absolute atomic E-state index is 11.0. The van der Waals surface area contributed by atoms with E-state index in [0.29, 0.717) is 48.4 Å². The topological polar surface area (TPSA) is 98.0 Å². The van der Waals surface area contributed by atoms with E-state index >= 15 is 0 Å². The van der Waals surface area contributed by atoms with Crippen molar-refractivity contribution in [3.05, 3.63) is 53.6 Å². The summed E-state index contributed by atoms with van der Waals surface area (Å²) in [4.78, 5) is 11.0. The van der Waals surface area contributed by atoms with Crippen molar-refractivity contribution in [1.82, 2.24) is 0 Å². The Bertz CT molecular complexity index is 900. The molecule has 1 N–H and O–H groups in total. The smallest absolute Gasteiger partial charge is 0.346 e. The number of nitriles is 1. The van der Waals surface area contributed by atoms with Crippen LogP contribution in [0.5, 0.6) is 23.0 Å². The Hall–Kier alpha value is -3.66. The second-order valence-electron chi connectivity index (χ2n) is 5.69. The number of hydrogen-bond donors (Lipinski definition) is 1. The Morgan fingerprint density at radius 2 is 1.48 bits per heavy atom. The minimum Gasteiger partial charge on any atom is -0.490 e. The summed E-state index contributed by atoms with van der Waals surface area (Å²) in [6, 6.07) is 14.0. The normalized spacial score (nSPS) is 10.7. The lowest BCUT2D eigenvalue weighted by atomic mass is 10.1. The number of ether oxygens (including phenoxy) is 4. The van der Waals surface area contributed by atoms with Crippen molar-refractivity contribution in [2.75, 3.05) is 26.4 Å². The Morgan fingerprint density at radius 1 is 0.931 bits per heavy atom. The second-order valence-corrected chi connectivity index (χ2v) is 5.69. The number of carboxylic acids is 1. The van der Waals surface area contributed by atoms with Crippen LogP contribution in [0, 0.1) is 11.3 Å². The number of para-hydroxylation sites is 2. The largest absolute Gasteiger partial charge is 0.490 e. The summed E-state index contributed by atoms with van der Waals surface area (Å²) in [7, 11) is 0. The first-order valence-electron chi connectivity index (χ1n) is 9.18. The van der Waals surface area contributed by atoms with Gasteiger partial charge in [0, 0.05) is 0 Å². The first kappa shape index (κ1) is 21.6. The summed E-state index contributed by atoms with van der Waals surface area (Å²) in [5.74, 6) is 0.988. The van der Waals surface area contributed by atoms with Gasteiger partial charge in [-0.3, -0.25) is 0 Å². The first-order chi connectivity index (χ1) is 14.1. The number of nitrogens with zero attached hydrogens (tertiary/aromatic N) is 1. The Kier molecular flexibility index (Phi) is 8.39. The third kappa shape index (κ3) is 6.47. The molecule has 0 fully saturated rings. The van der Waals surface area contributed by atoms with E-state index in [1.54, 1.807) is 24.3 Å². The van der Waals surface area contributed by atoms with E-state index in [4.69, 9.17) is 29.3 Å². The highest BCUT2D eigenvalue weighted by molar-refractivity contribution is 5.96. The average molecular weight is 397 g/mol. The van der Waals surface area contributed by atoms with Crippen molar-refractivity contribution in [3.63, 3.8) is 0 Å². The van der Waals surface area contributed by atoms with Gasteiger partial charge in [0.1, 0.15) is 24.9 Å². The Labute approximate surface area is 169 Å². The van der Waals surface area contributed by atoms with Crippen molar-refractivity contribution < 1.29 is 28.8 Å².